The third-order valence-electron chi connectivity index (χ3n) is 3.96. The van der Waals surface area contributed by atoms with Crippen LogP contribution in [0.5, 0.6) is 5.75 Å². The predicted octanol–water partition coefficient (Wildman–Crippen LogP) is 1.80. The van der Waals surface area contributed by atoms with Crippen LogP contribution < -0.4 is 15.8 Å². The number of terminal acetylenes is 1. The van der Waals surface area contributed by atoms with Gasteiger partial charge < -0.3 is 15.8 Å². The van der Waals surface area contributed by atoms with Crippen molar-refractivity contribution in [1.29, 1.82) is 0 Å². The number of nitrogens with two attached hydrogens (primary N) is 1. The summed E-state index contributed by atoms with van der Waals surface area (Å²) in [5.74, 6) is 3.55. The van der Waals surface area contributed by atoms with Gasteiger partial charge in [-0.05, 0) is 42.5 Å². The molecule has 0 fully saturated rings. The first-order valence-electron chi connectivity index (χ1n) is 6.82. The standard InChI is InChI=1S/C16H22N2O/c1-3-4-10-18-16(12-17)9-5-6-13-7-8-14(19-2)11-15(13)16/h1,7-8,11,18H,4-6,9-10,12,17H2,2H3. The molecule has 0 bridgehead atoms. The van der Waals surface area contributed by atoms with Gasteiger partial charge in [0.05, 0.1) is 12.6 Å². The quantitative estimate of drug-likeness (QED) is 0.625. The molecule has 1 aliphatic rings. The summed E-state index contributed by atoms with van der Waals surface area (Å²) in [6, 6.07) is 6.29. The van der Waals surface area contributed by atoms with E-state index in [0.29, 0.717) is 6.54 Å². The molecular formula is C16H22N2O. The Kier molecular flexibility index (Phi) is 4.47. The van der Waals surface area contributed by atoms with E-state index in [1.165, 1.54) is 11.1 Å². The van der Waals surface area contributed by atoms with Crippen LogP contribution in [0.1, 0.15) is 30.4 Å². The smallest absolute Gasteiger partial charge is 0.119 e. The van der Waals surface area contributed by atoms with Crippen LogP contribution >= 0.6 is 0 Å². The number of nitrogens with one attached hydrogen (secondary N) is 1. The Morgan fingerprint density at radius 1 is 1.53 bits per heavy atom. The molecule has 0 radical (unpaired) electrons. The molecule has 3 nitrogen and oxygen atoms in total. The highest BCUT2D eigenvalue weighted by Crippen LogP contribution is 2.36. The lowest BCUT2D eigenvalue weighted by Gasteiger charge is -2.39. The molecule has 1 aromatic carbocycles. The summed E-state index contributed by atoms with van der Waals surface area (Å²) in [4.78, 5) is 0. The average Bonchev–Trinajstić information content (AvgIpc) is 2.47. The van der Waals surface area contributed by atoms with E-state index in [0.717, 1.165) is 38.0 Å². The second-order valence-corrected chi connectivity index (χ2v) is 5.04. The fourth-order valence-electron chi connectivity index (χ4n) is 2.90. The molecule has 2 rings (SSSR count). The molecule has 3 N–H and O–H groups in total. The molecular weight excluding hydrogens is 236 g/mol. The zero-order valence-corrected chi connectivity index (χ0v) is 11.5. The van der Waals surface area contributed by atoms with E-state index < -0.39 is 0 Å². The van der Waals surface area contributed by atoms with Gasteiger partial charge in [0.1, 0.15) is 5.75 Å². The van der Waals surface area contributed by atoms with Crippen molar-refractivity contribution in [3.63, 3.8) is 0 Å². The van der Waals surface area contributed by atoms with Crippen molar-refractivity contribution in [3.05, 3.63) is 29.3 Å². The van der Waals surface area contributed by atoms with Crippen molar-refractivity contribution in [3.8, 4) is 18.1 Å². The first-order valence-corrected chi connectivity index (χ1v) is 6.82. The van der Waals surface area contributed by atoms with Gasteiger partial charge in [0.25, 0.3) is 0 Å². The number of hydrogen-bond donors (Lipinski definition) is 2. The lowest BCUT2D eigenvalue weighted by Crippen LogP contribution is -2.50. The molecule has 1 unspecified atom stereocenters. The van der Waals surface area contributed by atoms with Crippen LogP contribution in [0.4, 0.5) is 0 Å². The number of aryl methyl sites for hydroxylation is 1. The monoisotopic (exact) mass is 258 g/mol. The van der Waals surface area contributed by atoms with Gasteiger partial charge in [-0.2, -0.15) is 0 Å². The van der Waals surface area contributed by atoms with Gasteiger partial charge in [-0.25, -0.2) is 0 Å². The molecule has 0 spiro atoms. The average molecular weight is 258 g/mol. The maximum Gasteiger partial charge on any atom is 0.119 e. The molecule has 0 heterocycles. The van der Waals surface area contributed by atoms with Gasteiger partial charge in [-0.3, -0.25) is 0 Å². The van der Waals surface area contributed by atoms with Gasteiger partial charge >= 0.3 is 0 Å². The summed E-state index contributed by atoms with van der Waals surface area (Å²) in [5, 5.41) is 3.57. The molecule has 0 saturated carbocycles. The molecule has 0 aliphatic heterocycles. The van der Waals surface area contributed by atoms with Crippen molar-refractivity contribution < 1.29 is 4.74 Å². The number of methoxy groups -OCH3 is 1. The van der Waals surface area contributed by atoms with Gasteiger partial charge in [-0.1, -0.05) is 6.07 Å². The van der Waals surface area contributed by atoms with E-state index in [9.17, 15) is 0 Å². The van der Waals surface area contributed by atoms with Crippen LogP contribution in [0.15, 0.2) is 18.2 Å². The van der Waals surface area contributed by atoms with E-state index in [4.69, 9.17) is 16.9 Å². The van der Waals surface area contributed by atoms with E-state index in [-0.39, 0.29) is 5.54 Å². The first-order chi connectivity index (χ1) is 9.25. The maximum absolute atomic E-state index is 6.07. The minimum absolute atomic E-state index is 0.154. The van der Waals surface area contributed by atoms with Crippen molar-refractivity contribution in [2.75, 3.05) is 20.2 Å². The third kappa shape index (κ3) is 2.75. The predicted molar refractivity (Wildman–Crippen MR) is 78.1 cm³/mol. The van der Waals surface area contributed by atoms with E-state index in [1.807, 2.05) is 6.07 Å². The van der Waals surface area contributed by atoms with E-state index in [2.05, 4.69) is 23.4 Å². The molecule has 1 atom stereocenters. The van der Waals surface area contributed by atoms with Gasteiger partial charge in [0, 0.05) is 19.5 Å². The highest BCUT2D eigenvalue weighted by Gasteiger charge is 2.34. The van der Waals surface area contributed by atoms with Crippen LogP contribution in [-0.4, -0.2) is 20.2 Å². The van der Waals surface area contributed by atoms with E-state index >= 15 is 0 Å². The SMILES string of the molecule is C#CCCNC1(CN)CCCc2ccc(OC)cc21. The van der Waals surface area contributed by atoms with Crippen molar-refractivity contribution in [1.82, 2.24) is 5.32 Å². The first kappa shape index (κ1) is 13.9. The summed E-state index contributed by atoms with van der Waals surface area (Å²) in [5.41, 5.74) is 8.56. The second-order valence-electron chi connectivity index (χ2n) is 5.04. The van der Waals surface area contributed by atoms with Crippen molar-refractivity contribution >= 4 is 0 Å². The summed E-state index contributed by atoms with van der Waals surface area (Å²) < 4.78 is 5.34. The maximum atomic E-state index is 6.07. The van der Waals surface area contributed by atoms with Crippen LogP contribution in [0.25, 0.3) is 0 Å². The Balaban J connectivity index is 2.34. The highest BCUT2D eigenvalue weighted by molar-refractivity contribution is 5.42. The Hall–Kier alpha value is -1.50. The molecule has 0 saturated heterocycles. The van der Waals surface area contributed by atoms with Crippen LogP contribution in [0.2, 0.25) is 0 Å². The Morgan fingerprint density at radius 2 is 2.37 bits per heavy atom. The van der Waals surface area contributed by atoms with Crippen LogP contribution in [0, 0.1) is 12.3 Å². The normalized spacial score (nSPS) is 21.5. The number of fused-ring (bicyclic) bond motifs is 1. The fraction of sp³-hybridized carbons (Fsp3) is 0.500. The molecule has 0 aromatic heterocycles. The number of hydrogen-bond acceptors (Lipinski definition) is 3. The molecule has 0 amide bonds. The van der Waals surface area contributed by atoms with Gasteiger partial charge in [0.2, 0.25) is 0 Å². The van der Waals surface area contributed by atoms with Crippen molar-refractivity contribution in [2.24, 2.45) is 5.73 Å². The molecule has 3 heteroatoms. The molecule has 1 aliphatic carbocycles. The van der Waals surface area contributed by atoms with Crippen LogP contribution in [0.3, 0.4) is 0 Å². The summed E-state index contributed by atoms with van der Waals surface area (Å²) >= 11 is 0. The van der Waals surface area contributed by atoms with E-state index in [1.54, 1.807) is 7.11 Å². The molecule has 1 aromatic rings. The zero-order chi connectivity index (χ0) is 13.7. The summed E-state index contributed by atoms with van der Waals surface area (Å²) in [7, 11) is 1.69. The zero-order valence-electron chi connectivity index (χ0n) is 11.5. The minimum atomic E-state index is -0.154. The number of rotatable bonds is 5. The Bertz CT molecular complexity index is 478. The molecule has 19 heavy (non-hydrogen) atoms. The van der Waals surface area contributed by atoms with Crippen molar-refractivity contribution in [2.45, 2.75) is 31.2 Å². The summed E-state index contributed by atoms with van der Waals surface area (Å²) in [6.07, 6.45) is 9.36. The highest BCUT2D eigenvalue weighted by atomic mass is 16.5. The van der Waals surface area contributed by atoms with Crippen LogP contribution in [-0.2, 0) is 12.0 Å². The topological polar surface area (TPSA) is 47.3 Å². The lowest BCUT2D eigenvalue weighted by molar-refractivity contribution is 0.294. The second kappa shape index (κ2) is 6.10. The Morgan fingerprint density at radius 3 is 3.05 bits per heavy atom. The number of benzene rings is 1. The molecule has 102 valence electrons. The van der Waals surface area contributed by atoms with Gasteiger partial charge in [0.15, 0.2) is 0 Å². The minimum Gasteiger partial charge on any atom is -0.497 e. The lowest BCUT2D eigenvalue weighted by atomic mass is 9.76. The van der Waals surface area contributed by atoms with Gasteiger partial charge in [-0.15, -0.1) is 12.3 Å². The summed E-state index contributed by atoms with van der Waals surface area (Å²) in [6.45, 7) is 1.38. The third-order valence-corrected chi connectivity index (χ3v) is 3.96. The number of ether oxygens (including phenoxy) is 1. The Labute approximate surface area is 115 Å². The fourth-order valence-corrected chi connectivity index (χ4v) is 2.90. The largest absolute Gasteiger partial charge is 0.497 e.